The molecule has 16 heavy (non-hydrogen) atoms. The summed E-state index contributed by atoms with van der Waals surface area (Å²) in [5, 5.41) is 3.21. The summed E-state index contributed by atoms with van der Waals surface area (Å²) in [6.07, 6.45) is 8.60. The van der Waals surface area contributed by atoms with Crippen molar-refractivity contribution in [3.8, 4) is 0 Å². The molecule has 4 nitrogen and oxygen atoms in total. The lowest BCUT2D eigenvalue weighted by Crippen LogP contribution is -2.36. The van der Waals surface area contributed by atoms with Crippen molar-refractivity contribution in [2.24, 2.45) is 0 Å². The highest BCUT2D eigenvalue weighted by Crippen LogP contribution is 2.17. The number of nitrogens with one attached hydrogen (secondary N) is 1. The van der Waals surface area contributed by atoms with Gasteiger partial charge in [0.1, 0.15) is 10.8 Å². The van der Waals surface area contributed by atoms with E-state index in [4.69, 9.17) is 11.6 Å². The van der Waals surface area contributed by atoms with Crippen LogP contribution in [-0.2, 0) is 0 Å². The molecule has 0 bridgehead atoms. The maximum absolute atomic E-state index is 11.8. The molecule has 1 aromatic rings. The fraction of sp³-hybridized carbons (Fsp3) is 0.545. The molecule has 0 radical (unpaired) electrons. The van der Waals surface area contributed by atoms with Crippen molar-refractivity contribution in [1.82, 2.24) is 15.3 Å². The number of hydrogen-bond acceptors (Lipinski definition) is 3. The first-order chi connectivity index (χ1) is 7.75. The number of amides is 1. The summed E-state index contributed by atoms with van der Waals surface area (Å²) in [4.78, 5) is 19.6. The number of carbonyl (C=O) groups excluding carboxylic acids is 1. The molecule has 0 aliphatic heterocycles. The number of carbonyl (C=O) groups is 1. The van der Waals surface area contributed by atoms with Gasteiger partial charge in [0, 0.05) is 6.04 Å². The van der Waals surface area contributed by atoms with Gasteiger partial charge in [-0.3, -0.25) is 9.78 Å². The molecule has 1 amide bonds. The fourth-order valence-electron chi connectivity index (χ4n) is 1.96. The van der Waals surface area contributed by atoms with E-state index < -0.39 is 0 Å². The first-order valence-corrected chi connectivity index (χ1v) is 5.92. The number of hydrogen-bond donors (Lipinski definition) is 1. The Morgan fingerprint density at radius 3 is 2.75 bits per heavy atom. The van der Waals surface area contributed by atoms with E-state index in [-0.39, 0.29) is 22.8 Å². The van der Waals surface area contributed by atoms with Gasteiger partial charge in [-0.15, -0.1) is 0 Å². The first-order valence-electron chi connectivity index (χ1n) is 5.54. The number of rotatable bonds is 2. The summed E-state index contributed by atoms with van der Waals surface area (Å²) >= 11 is 5.68. The second-order valence-corrected chi connectivity index (χ2v) is 4.42. The molecular weight excluding hydrogens is 226 g/mol. The molecular formula is C11H14ClN3O. The Morgan fingerprint density at radius 1 is 1.31 bits per heavy atom. The van der Waals surface area contributed by atoms with Crippen molar-refractivity contribution in [3.63, 3.8) is 0 Å². The molecule has 1 saturated carbocycles. The summed E-state index contributed by atoms with van der Waals surface area (Å²) in [7, 11) is 0. The molecule has 0 spiro atoms. The van der Waals surface area contributed by atoms with Gasteiger partial charge in [-0.05, 0) is 12.8 Å². The number of nitrogens with zero attached hydrogens (tertiary/aromatic N) is 2. The standard InChI is InChI=1S/C11H14ClN3O/c12-10-7-13-6-9(15-10)11(16)14-8-4-2-1-3-5-8/h6-8H,1-5H2,(H,14,16). The molecule has 5 heteroatoms. The zero-order valence-corrected chi connectivity index (χ0v) is 9.70. The topological polar surface area (TPSA) is 54.9 Å². The van der Waals surface area contributed by atoms with Gasteiger partial charge in [0.05, 0.1) is 12.4 Å². The van der Waals surface area contributed by atoms with Gasteiger partial charge in [0.15, 0.2) is 0 Å². The lowest BCUT2D eigenvalue weighted by molar-refractivity contribution is 0.0922. The minimum absolute atomic E-state index is 0.179. The second-order valence-electron chi connectivity index (χ2n) is 4.04. The summed E-state index contributed by atoms with van der Waals surface area (Å²) in [5.74, 6) is -0.179. The molecule has 1 heterocycles. The molecule has 0 atom stereocenters. The van der Waals surface area contributed by atoms with Crippen molar-refractivity contribution in [3.05, 3.63) is 23.2 Å². The SMILES string of the molecule is O=C(NC1CCCCC1)c1cncc(Cl)n1. The largest absolute Gasteiger partial charge is 0.348 e. The van der Waals surface area contributed by atoms with Gasteiger partial charge in [-0.25, -0.2) is 4.98 Å². The van der Waals surface area contributed by atoms with E-state index in [0.29, 0.717) is 0 Å². The Kier molecular flexibility index (Phi) is 3.72. The van der Waals surface area contributed by atoms with Gasteiger partial charge >= 0.3 is 0 Å². The molecule has 0 saturated heterocycles. The maximum Gasteiger partial charge on any atom is 0.271 e. The van der Waals surface area contributed by atoms with E-state index in [2.05, 4.69) is 15.3 Å². The van der Waals surface area contributed by atoms with Crippen LogP contribution in [0.5, 0.6) is 0 Å². The Labute approximate surface area is 99.4 Å². The van der Waals surface area contributed by atoms with Crippen molar-refractivity contribution in [2.45, 2.75) is 38.1 Å². The van der Waals surface area contributed by atoms with Crippen molar-refractivity contribution in [1.29, 1.82) is 0 Å². The summed E-state index contributed by atoms with van der Waals surface area (Å²) in [5.41, 5.74) is 0.290. The Hall–Kier alpha value is -1.16. The zero-order valence-electron chi connectivity index (χ0n) is 8.95. The molecule has 2 rings (SSSR count). The normalized spacial score (nSPS) is 17.1. The third kappa shape index (κ3) is 2.92. The predicted molar refractivity (Wildman–Crippen MR) is 61.4 cm³/mol. The third-order valence-electron chi connectivity index (χ3n) is 2.78. The summed E-state index contributed by atoms with van der Waals surface area (Å²) < 4.78 is 0. The van der Waals surface area contributed by atoms with Crippen LogP contribution in [0.4, 0.5) is 0 Å². The Morgan fingerprint density at radius 2 is 2.06 bits per heavy atom. The molecule has 1 fully saturated rings. The van der Waals surface area contributed by atoms with Crippen LogP contribution < -0.4 is 5.32 Å². The van der Waals surface area contributed by atoms with Gasteiger partial charge in [-0.1, -0.05) is 30.9 Å². The van der Waals surface area contributed by atoms with E-state index in [0.717, 1.165) is 12.8 Å². The molecule has 1 aliphatic rings. The lowest BCUT2D eigenvalue weighted by Gasteiger charge is -2.22. The van der Waals surface area contributed by atoms with Crippen molar-refractivity contribution >= 4 is 17.5 Å². The summed E-state index contributed by atoms with van der Waals surface area (Å²) in [6, 6.07) is 0.280. The van der Waals surface area contributed by atoms with E-state index in [1.807, 2.05) is 0 Å². The molecule has 1 aromatic heterocycles. The minimum Gasteiger partial charge on any atom is -0.348 e. The smallest absolute Gasteiger partial charge is 0.271 e. The van der Waals surface area contributed by atoms with E-state index in [1.165, 1.54) is 31.7 Å². The minimum atomic E-state index is -0.179. The van der Waals surface area contributed by atoms with Crippen LogP contribution in [0.3, 0.4) is 0 Å². The van der Waals surface area contributed by atoms with Gasteiger partial charge < -0.3 is 5.32 Å². The maximum atomic E-state index is 11.8. The van der Waals surface area contributed by atoms with E-state index in [9.17, 15) is 4.79 Å². The highest BCUT2D eigenvalue weighted by Gasteiger charge is 2.17. The second kappa shape index (κ2) is 5.25. The van der Waals surface area contributed by atoms with Crippen LogP contribution in [0.15, 0.2) is 12.4 Å². The zero-order chi connectivity index (χ0) is 11.4. The predicted octanol–water partition coefficient (Wildman–Crippen LogP) is 2.19. The van der Waals surface area contributed by atoms with Gasteiger partial charge in [-0.2, -0.15) is 0 Å². The van der Waals surface area contributed by atoms with Crippen LogP contribution in [0, 0.1) is 0 Å². The Balaban J connectivity index is 1.97. The molecule has 86 valence electrons. The highest BCUT2D eigenvalue weighted by molar-refractivity contribution is 6.29. The van der Waals surface area contributed by atoms with Crippen LogP contribution in [-0.4, -0.2) is 21.9 Å². The quantitative estimate of drug-likeness (QED) is 0.861. The van der Waals surface area contributed by atoms with Crippen LogP contribution in [0.25, 0.3) is 0 Å². The molecule has 0 aromatic carbocycles. The molecule has 1 N–H and O–H groups in total. The monoisotopic (exact) mass is 239 g/mol. The highest BCUT2D eigenvalue weighted by atomic mass is 35.5. The number of aromatic nitrogens is 2. The molecule has 1 aliphatic carbocycles. The first kappa shape index (κ1) is 11.3. The average molecular weight is 240 g/mol. The summed E-state index contributed by atoms with van der Waals surface area (Å²) in [6.45, 7) is 0. The fourth-order valence-corrected chi connectivity index (χ4v) is 2.11. The average Bonchev–Trinajstić information content (AvgIpc) is 2.30. The molecule has 0 unspecified atom stereocenters. The van der Waals surface area contributed by atoms with Crippen LogP contribution in [0.1, 0.15) is 42.6 Å². The number of halogens is 1. The lowest BCUT2D eigenvalue weighted by atomic mass is 9.95. The van der Waals surface area contributed by atoms with Gasteiger partial charge in [0.25, 0.3) is 5.91 Å². The third-order valence-corrected chi connectivity index (χ3v) is 2.96. The van der Waals surface area contributed by atoms with Crippen LogP contribution >= 0.6 is 11.6 Å². The Bertz CT molecular complexity index is 377. The van der Waals surface area contributed by atoms with Crippen LogP contribution in [0.2, 0.25) is 5.15 Å². The van der Waals surface area contributed by atoms with Crippen molar-refractivity contribution < 1.29 is 4.79 Å². The van der Waals surface area contributed by atoms with E-state index >= 15 is 0 Å². The van der Waals surface area contributed by atoms with Crippen molar-refractivity contribution in [2.75, 3.05) is 0 Å². The van der Waals surface area contributed by atoms with E-state index in [1.54, 1.807) is 0 Å². The van der Waals surface area contributed by atoms with Gasteiger partial charge in [0.2, 0.25) is 0 Å².